The lowest BCUT2D eigenvalue weighted by Gasteiger charge is -2.27. The van der Waals surface area contributed by atoms with E-state index in [0.717, 1.165) is 34.7 Å². The molecule has 2 heterocycles. The molecular weight excluding hydrogens is 520 g/mol. The molecule has 0 spiro atoms. The second-order valence-electron chi connectivity index (χ2n) is 9.56. The smallest absolute Gasteiger partial charge is 0.302 e. The zero-order valence-electron chi connectivity index (χ0n) is 23.4. The molecule has 41 heavy (non-hydrogen) atoms. The molecule has 0 N–H and O–H groups in total. The second-order valence-corrected chi connectivity index (χ2v) is 9.56. The van der Waals surface area contributed by atoms with Gasteiger partial charge in [-0.25, -0.2) is 4.68 Å². The summed E-state index contributed by atoms with van der Waals surface area (Å²) in [6, 6.07) is 19.1. The van der Waals surface area contributed by atoms with Gasteiger partial charge in [-0.2, -0.15) is 10.4 Å². The van der Waals surface area contributed by atoms with Gasteiger partial charge in [0.25, 0.3) is 11.8 Å². The Kier molecular flexibility index (Phi) is 9.48. The molecule has 2 aromatic carbocycles. The molecule has 0 saturated carbocycles. The number of unbranched alkanes of at least 4 members (excludes halogenated alkanes) is 1. The van der Waals surface area contributed by atoms with Gasteiger partial charge in [0, 0.05) is 36.4 Å². The normalized spacial score (nSPS) is 14.4. The number of rotatable bonds is 11. The Bertz CT molecular complexity index is 1530. The average Bonchev–Trinajstić information content (AvgIpc) is 3.40. The molecule has 0 bridgehead atoms. The Balaban J connectivity index is 1.75. The lowest BCUT2D eigenvalue weighted by Crippen LogP contribution is -2.43. The van der Waals surface area contributed by atoms with Crippen molar-refractivity contribution in [2.24, 2.45) is 0 Å². The highest BCUT2D eigenvalue weighted by atomic mass is 16.5. The zero-order valence-corrected chi connectivity index (χ0v) is 23.4. The number of nitriles is 1. The van der Waals surface area contributed by atoms with Crippen molar-refractivity contribution in [2.45, 2.75) is 40.0 Å². The second kappa shape index (κ2) is 13.4. The van der Waals surface area contributed by atoms with E-state index in [-0.39, 0.29) is 30.7 Å². The SMILES string of the molecule is CCCCOc1ccc(-c2nn(-c3ccccc3)cc2/C=C2/C(=O)N(CCCOC(C)=O)C(=O)C(C#N)=C2C)cc1. The minimum absolute atomic E-state index is 0.0103. The predicted octanol–water partition coefficient (Wildman–Crippen LogP) is 5.26. The van der Waals surface area contributed by atoms with Gasteiger partial charge in [0.15, 0.2) is 0 Å². The number of nitrogens with zero attached hydrogens (tertiary/aromatic N) is 4. The van der Waals surface area contributed by atoms with E-state index in [2.05, 4.69) is 6.92 Å². The molecule has 4 rings (SSSR count). The first-order valence-corrected chi connectivity index (χ1v) is 13.5. The number of carbonyl (C=O) groups is 3. The summed E-state index contributed by atoms with van der Waals surface area (Å²) in [6.45, 7) is 5.70. The van der Waals surface area contributed by atoms with Crippen molar-refractivity contribution in [1.29, 1.82) is 5.26 Å². The van der Waals surface area contributed by atoms with Crippen molar-refractivity contribution in [2.75, 3.05) is 19.8 Å². The van der Waals surface area contributed by atoms with Crippen LogP contribution in [0.25, 0.3) is 23.0 Å². The van der Waals surface area contributed by atoms with E-state index < -0.39 is 17.8 Å². The molecule has 3 aromatic rings. The Morgan fingerprint density at radius 1 is 1.02 bits per heavy atom. The molecule has 1 aliphatic heterocycles. The topological polar surface area (TPSA) is 115 Å². The molecule has 2 amide bonds. The van der Waals surface area contributed by atoms with Crippen LogP contribution >= 0.6 is 0 Å². The third-order valence-corrected chi connectivity index (χ3v) is 6.61. The van der Waals surface area contributed by atoms with Crippen LogP contribution in [-0.2, 0) is 19.1 Å². The minimum Gasteiger partial charge on any atom is -0.494 e. The highest BCUT2D eigenvalue weighted by Crippen LogP contribution is 2.32. The Morgan fingerprint density at radius 3 is 2.41 bits per heavy atom. The Labute approximate surface area is 239 Å². The highest BCUT2D eigenvalue weighted by molar-refractivity contribution is 6.19. The van der Waals surface area contributed by atoms with Gasteiger partial charge in [0.2, 0.25) is 0 Å². The van der Waals surface area contributed by atoms with Gasteiger partial charge in [0.05, 0.1) is 24.6 Å². The number of hydrogen-bond donors (Lipinski definition) is 0. The highest BCUT2D eigenvalue weighted by Gasteiger charge is 2.35. The van der Waals surface area contributed by atoms with Crippen molar-refractivity contribution >= 4 is 23.9 Å². The summed E-state index contributed by atoms with van der Waals surface area (Å²) in [5, 5.41) is 14.6. The fourth-order valence-electron chi connectivity index (χ4n) is 4.40. The number of ether oxygens (including phenoxy) is 2. The molecule has 0 unspecified atom stereocenters. The molecule has 0 aliphatic carbocycles. The number of hydrogen-bond acceptors (Lipinski definition) is 7. The molecule has 210 valence electrons. The molecule has 9 heteroatoms. The van der Waals surface area contributed by atoms with Crippen LogP contribution in [0.5, 0.6) is 5.75 Å². The Morgan fingerprint density at radius 2 is 1.76 bits per heavy atom. The summed E-state index contributed by atoms with van der Waals surface area (Å²) in [5.74, 6) is -0.868. The first-order valence-electron chi connectivity index (χ1n) is 13.5. The predicted molar refractivity (Wildman–Crippen MR) is 154 cm³/mol. The fourth-order valence-corrected chi connectivity index (χ4v) is 4.40. The van der Waals surface area contributed by atoms with Crippen LogP contribution in [0.1, 0.15) is 45.6 Å². The third kappa shape index (κ3) is 6.79. The van der Waals surface area contributed by atoms with Crippen LogP contribution < -0.4 is 4.74 Å². The van der Waals surface area contributed by atoms with Crippen molar-refractivity contribution in [1.82, 2.24) is 14.7 Å². The fraction of sp³-hybridized carbons (Fsp3) is 0.281. The van der Waals surface area contributed by atoms with Gasteiger partial charge in [-0.05, 0) is 67.8 Å². The standard InChI is InChI=1S/C32H32N4O5/c1-4-5-17-41-27-14-12-24(13-15-27)30-25(21-36(34-30)26-10-7-6-8-11-26)19-28-22(2)29(20-33)32(39)35(31(28)38)16-9-18-40-23(3)37/h6-8,10-15,19,21H,4-5,9,16-18H2,1-3H3/b28-19+. The van der Waals surface area contributed by atoms with Gasteiger partial charge in [-0.3, -0.25) is 19.3 Å². The van der Waals surface area contributed by atoms with Crippen LogP contribution in [0.4, 0.5) is 0 Å². The average molecular weight is 553 g/mol. The van der Waals surface area contributed by atoms with Gasteiger partial charge in [0.1, 0.15) is 17.4 Å². The maximum absolute atomic E-state index is 13.6. The molecular formula is C32H32N4O5. The maximum atomic E-state index is 13.6. The summed E-state index contributed by atoms with van der Waals surface area (Å²) in [7, 11) is 0. The van der Waals surface area contributed by atoms with E-state index in [0.29, 0.717) is 23.4 Å². The summed E-state index contributed by atoms with van der Waals surface area (Å²) in [5.41, 5.74) is 3.34. The number of para-hydroxylation sites is 1. The van der Waals surface area contributed by atoms with Gasteiger partial charge < -0.3 is 9.47 Å². The van der Waals surface area contributed by atoms with Crippen molar-refractivity contribution in [3.63, 3.8) is 0 Å². The summed E-state index contributed by atoms with van der Waals surface area (Å²) >= 11 is 0. The molecule has 0 atom stereocenters. The largest absolute Gasteiger partial charge is 0.494 e. The summed E-state index contributed by atoms with van der Waals surface area (Å²) in [4.78, 5) is 38.7. The van der Waals surface area contributed by atoms with Crippen LogP contribution in [0, 0.1) is 11.3 Å². The number of carbonyl (C=O) groups excluding carboxylic acids is 3. The number of imide groups is 1. The maximum Gasteiger partial charge on any atom is 0.302 e. The number of benzene rings is 2. The first kappa shape index (κ1) is 29.0. The molecule has 1 aromatic heterocycles. The van der Waals surface area contributed by atoms with Gasteiger partial charge >= 0.3 is 5.97 Å². The number of amides is 2. The molecule has 0 fully saturated rings. The Hall–Kier alpha value is -4.97. The van der Waals surface area contributed by atoms with Crippen molar-refractivity contribution < 1.29 is 23.9 Å². The zero-order chi connectivity index (χ0) is 29.4. The van der Waals surface area contributed by atoms with E-state index >= 15 is 0 Å². The van der Waals surface area contributed by atoms with E-state index in [9.17, 15) is 19.6 Å². The minimum atomic E-state index is -0.658. The van der Waals surface area contributed by atoms with E-state index in [1.807, 2.05) is 66.9 Å². The quantitative estimate of drug-likeness (QED) is 0.138. The lowest BCUT2D eigenvalue weighted by atomic mass is 9.93. The van der Waals surface area contributed by atoms with Gasteiger partial charge in [-0.1, -0.05) is 31.5 Å². The molecule has 0 radical (unpaired) electrons. The van der Waals surface area contributed by atoms with Crippen LogP contribution in [-0.4, -0.2) is 52.2 Å². The van der Waals surface area contributed by atoms with E-state index in [4.69, 9.17) is 14.6 Å². The third-order valence-electron chi connectivity index (χ3n) is 6.61. The van der Waals surface area contributed by atoms with Crippen LogP contribution in [0.2, 0.25) is 0 Å². The molecule has 0 saturated heterocycles. The molecule has 9 nitrogen and oxygen atoms in total. The number of aromatic nitrogens is 2. The first-order chi connectivity index (χ1) is 19.8. The van der Waals surface area contributed by atoms with Crippen LogP contribution in [0.15, 0.2) is 77.5 Å². The van der Waals surface area contributed by atoms with E-state index in [1.165, 1.54) is 6.92 Å². The van der Waals surface area contributed by atoms with Crippen molar-refractivity contribution in [3.8, 4) is 28.8 Å². The van der Waals surface area contributed by atoms with E-state index in [1.54, 1.807) is 17.7 Å². The summed E-state index contributed by atoms with van der Waals surface area (Å²) < 4.78 is 12.5. The van der Waals surface area contributed by atoms with Gasteiger partial charge in [-0.15, -0.1) is 0 Å². The summed E-state index contributed by atoms with van der Waals surface area (Å²) in [6.07, 6.45) is 5.76. The molecule has 1 aliphatic rings. The van der Waals surface area contributed by atoms with Crippen molar-refractivity contribution in [3.05, 3.63) is 83.1 Å². The lowest BCUT2D eigenvalue weighted by molar-refractivity contribution is -0.141. The number of esters is 1. The monoisotopic (exact) mass is 552 g/mol. The van der Waals surface area contributed by atoms with Crippen LogP contribution in [0.3, 0.4) is 0 Å².